The van der Waals surface area contributed by atoms with Crippen molar-refractivity contribution in [3.8, 4) is 11.3 Å². The Balaban J connectivity index is 0.00000182. The zero-order valence-corrected chi connectivity index (χ0v) is 16.2. The molecule has 0 saturated heterocycles. The Morgan fingerprint density at radius 1 is 1.36 bits per heavy atom. The second-order valence-corrected chi connectivity index (χ2v) is 6.36. The third-order valence-corrected chi connectivity index (χ3v) is 4.89. The molecular formula is C17H18N5NaO2. The van der Waals surface area contributed by atoms with Gasteiger partial charge < -0.3 is 14.9 Å². The first-order chi connectivity index (χ1) is 11.7. The molecule has 0 unspecified atom stereocenters. The smallest absolute Gasteiger partial charge is 0.550 e. The summed E-state index contributed by atoms with van der Waals surface area (Å²) in [4.78, 5) is 22.8. The quantitative estimate of drug-likeness (QED) is 0.578. The van der Waals surface area contributed by atoms with Gasteiger partial charge in [0.1, 0.15) is 12.0 Å². The fourth-order valence-electron chi connectivity index (χ4n) is 3.73. The summed E-state index contributed by atoms with van der Waals surface area (Å²) in [7, 11) is 0. The van der Waals surface area contributed by atoms with Gasteiger partial charge in [-0.3, -0.25) is 4.68 Å². The Bertz CT molecular complexity index is 869. The van der Waals surface area contributed by atoms with Gasteiger partial charge in [0, 0.05) is 35.7 Å². The molecule has 25 heavy (non-hydrogen) atoms. The molecule has 0 spiro atoms. The maximum atomic E-state index is 11.2. The van der Waals surface area contributed by atoms with Crippen molar-refractivity contribution in [1.82, 2.24) is 24.7 Å². The fourth-order valence-corrected chi connectivity index (χ4v) is 3.73. The Morgan fingerprint density at radius 3 is 2.92 bits per heavy atom. The summed E-state index contributed by atoms with van der Waals surface area (Å²) in [5, 5.41) is 16.5. The van der Waals surface area contributed by atoms with Gasteiger partial charge in [-0.2, -0.15) is 5.10 Å². The maximum absolute atomic E-state index is 11.2. The van der Waals surface area contributed by atoms with Crippen LogP contribution in [0.1, 0.15) is 38.1 Å². The number of aromatic amines is 1. The molecule has 0 amide bonds. The van der Waals surface area contributed by atoms with Crippen molar-refractivity contribution in [3.05, 3.63) is 31.0 Å². The summed E-state index contributed by atoms with van der Waals surface area (Å²) in [6.07, 6.45) is 11.4. The minimum Gasteiger partial charge on any atom is -0.550 e. The Labute approximate surface area is 167 Å². The van der Waals surface area contributed by atoms with E-state index in [1.54, 1.807) is 10.9 Å². The van der Waals surface area contributed by atoms with E-state index < -0.39 is 5.97 Å². The van der Waals surface area contributed by atoms with E-state index in [2.05, 4.69) is 20.1 Å². The third-order valence-electron chi connectivity index (χ3n) is 4.89. The van der Waals surface area contributed by atoms with E-state index in [4.69, 9.17) is 0 Å². The number of carboxylic acids is 1. The number of carbonyl (C=O) groups excluding carboxylic acids is 1. The number of rotatable bonds is 5. The van der Waals surface area contributed by atoms with Crippen molar-refractivity contribution >= 4 is 17.0 Å². The predicted octanol–water partition coefficient (Wildman–Crippen LogP) is -1.30. The maximum Gasteiger partial charge on any atom is 1.00 e. The number of nitrogens with zero attached hydrogens (tertiary/aromatic N) is 4. The number of H-pyrrole nitrogens is 1. The number of hydrogen-bond acceptors (Lipinski definition) is 5. The van der Waals surface area contributed by atoms with Crippen LogP contribution in [-0.2, 0) is 4.79 Å². The summed E-state index contributed by atoms with van der Waals surface area (Å²) >= 11 is 0. The van der Waals surface area contributed by atoms with Gasteiger partial charge in [0.05, 0.1) is 17.9 Å². The summed E-state index contributed by atoms with van der Waals surface area (Å²) in [6, 6.07) is 1.77. The molecule has 0 aromatic carbocycles. The van der Waals surface area contributed by atoms with Crippen LogP contribution < -0.4 is 34.7 Å². The number of carbonyl (C=O) groups is 1. The van der Waals surface area contributed by atoms with Crippen molar-refractivity contribution < 1.29 is 39.5 Å². The zero-order chi connectivity index (χ0) is 16.5. The fraction of sp³-hybridized carbons (Fsp3) is 0.412. The van der Waals surface area contributed by atoms with E-state index in [9.17, 15) is 9.90 Å². The van der Waals surface area contributed by atoms with Crippen LogP contribution in [0.25, 0.3) is 22.3 Å². The minimum atomic E-state index is -1.03. The monoisotopic (exact) mass is 347 g/mol. The van der Waals surface area contributed by atoms with Gasteiger partial charge in [-0.05, 0) is 24.8 Å². The molecule has 3 aromatic rings. The molecule has 3 heterocycles. The second kappa shape index (κ2) is 7.68. The Kier molecular flexibility index (Phi) is 5.56. The van der Waals surface area contributed by atoms with Crippen LogP contribution in [-0.4, -0.2) is 30.7 Å². The Hall–Kier alpha value is -1.70. The summed E-state index contributed by atoms with van der Waals surface area (Å²) in [5.74, 6) is -0.688. The van der Waals surface area contributed by atoms with Crippen LogP contribution in [0.15, 0.2) is 31.0 Å². The first-order valence-corrected chi connectivity index (χ1v) is 8.25. The van der Waals surface area contributed by atoms with E-state index in [-0.39, 0.29) is 42.0 Å². The van der Waals surface area contributed by atoms with E-state index in [0.29, 0.717) is 5.92 Å². The molecule has 1 aliphatic rings. The van der Waals surface area contributed by atoms with E-state index in [1.165, 1.54) is 6.33 Å². The predicted molar refractivity (Wildman–Crippen MR) is 85.7 cm³/mol. The first-order valence-electron chi connectivity index (χ1n) is 8.25. The van der Waals surface area contributed by atoms with Crippen LogP contribution in [0, 0.1) is 5.92 Å². The molecule has 8 heteroatoms. The van der Waals surface area contributed by atoms with E-state index in [0.717, 1.165) is 48.0 Å². The molecule has 3 aromatic heterocycles. The van der Waals surface area contributed by atoms with Crippen molar-refractivity contribution in [1.29, 1.82) is 0 Å². The largest absolute Gasteiger partial charge is 1.00 e. The molecule has 1 N–H and O–H groups in total. The number of hydrogen-bond donors (Lipinski definition) is 1. The average Bonchev–Trinajstić information content (AvgIpc) is 3.32. The van der Waals surface area contributed by atoms with Crippen molar-refractivity contribution in [3.63, 3.8) is 0 Å². The van der Waals surface area contributed by atoms with Crippen LogP contribution in [0.2, 0.25) is 0 Å². The molecule has 1 saturated carbocycles. The van der Waals surface area contributed by atoms with Crippen LogP contribution in [0.4, 0.5) is 0 Å². The SMILES string of the molecule is O=C([O-])C[C@H](C1CCCC1)n1cc(-c2ncnc3[nH]ccc23)cn1.[Na+]. The molecule has 1 fully saturated rings. The van der Waals surface area contributed by atoms with Crippen molar-refractivity contribution in [2.75, 3.05) is 0 Å². The van der Waals surface area contributed by atoms with Crippen LogP contribution in [0.3, 0.4) is 0 Å². The summed E-state index contributed by atoms with van der Waals surface area (Å²) < 4.78 is 1.78. The number of fused-ring (bicyclic) bond motifs is 1. The molecular weight excluding hydrogens is 329 g/mol. The molecule has 124 valence electrons. The molecule has 0 bridgehead atoms. The number of nitrogens with one attached hydrogen (secondary N) is 1. The molecule has 7 nitrogen and oxygen atoms in total. The van der Waals surface area contributed by atoms with Gasteiger partial charge in [0.25, 0.3) is 0 Å². The molecule has 0 radical (unpaired) electrons. The minimum absolute atomic E-state index is 0. The third kappa shape index (κ3) is 3.63. The van der Waals surface area contributed by atoms with Gasteiger partial charge in [0.15, 0.2) is 0 Å². The second-order valence-electron chi connectivity index (χ2n) is 6.36. The molecule has 4 rings (SSSR count). The summed E-state index contributed by atoms with van der Waals surface area (Å²) in [5.41, 5.74) is 2.43. The molecule has 0 aliphatic heterocycles. The van der Waals surface area contributed by atoms with Crippen molar-refractivity contribution in [2.24, 2.45) is 5.92 Å². The van der Waals surface area contributed by atoms with E-state index >= 15 is 0 Å². The van der Waals surface area contributed by atoms with Crippen LogP contribution in [0.5, 0.6) is 0 Å². The van der Waals surface area contributed by atoms with Crippen LogP contribution >= 0.6 is 0 Å². The number of aromatic nitrogens is 5. The summed E-state index contributed by atoms with van der Waals surface area (Å²) in [6.45, 7) is 0. The van der Waals surface area contributed by atoms with Gasteiger partial charge in [-0.25, -0.2) is 9.97 Å². The topological polar surface area (TPSA) is 99.5 Å². The van der Waals surface area contributed by atoms with Gasteiger partial charge in [0.2, 0.25) is 0 Å². The van der Waals surface area contributed by atoms with E-state index in [1.807, 2.05) is 18.5 Å². The first kappa shape index (κ1) is 18.1. The van der Waals surface area contributed by atoms with Gasteiger partial charge in [-0.1, -0.05) is 12.8 Å². The van der Waals surface area contributed by atoms with Gasteiger partial charge in [-0.15, -0.1) is 0 Å². The molecule has 1 atom stereocenters. The zero-order valence-electron chi connectivity index (χ0n) is 14.2. The molecule has 1 aliphatic carbocycles. The standard InChI is InChI=1S/C17H19N5O2.Na/c23-15(24)7-14(11-3-1-2-4-11)22-9-12(8-21-22)16-13-5-6-18-17(13)20-10-19-16;/h5-6,8-11,14H,1-4,7H2,(H,23,24)(H,18,19,20);/q;+1/p-1/t14-;/m1./s1. The normalized spacial score (nSPS) is 16.0. The Morgan fingerprint density at radius 2 is 2.16 bits per heavy atom. The average molecular weight is 347 g/mol. The van der Waals surface area contributed by atoms with Gasteiger partial charge >= 0.3 is 29.6 Å². The number of aliphatic carboxylic acids is 1. The van der Waals surface area contributed by atoms with Crippen molar-refractivity contribution in [2.45, 2.75) is 38.1 Å². The number of carboxylic acid groups (broad SMARTS) is 1.